The van der Waals surface area contributed by atoms with Crippen molar-refractivity contribution in [1.82, 2.24) is 9.03 Å². The van der Waals surface area contributed by atoms with Crippen LogP contribution in [0.25, 0.3) is 0 Å². The van der Waals surface area contributed by atoms with Crippen LogP contribution in [0.2, 0.25) is 0 Å². The van der Waals surface area contributed by atoms with Crippen molar-refractivity contribution in [3.63, 3.8) is 0 Å². The average Bonchev–Trinajstić information content (AvgIpc) is 2.70. The Morgan fingerprint density at radius 2 is 1.71 bits per heavy atom. The van der Waals surface area contributed by atoms with Crippen LogP contribution in [0, 0.1) is 5.92 Å². The van der Waals surface area contributed by atoms with Gasteiger partial charge < -0.3 is 0 Å². The largest absolute Gasteiger partial charge is 0.304 e. The summed E-state index contributed by atoms with van der Waals surface area (Å²) in [5, 5.41) is 0. The van der Waals surface area contributed by atoms with Crippen LogP contribution in [-0.2, 0) is 21.5 Å². The van der Waals surface area contributed by atoms with Crippen LogP contribution < -0.4 is 4.72 Å². The molecule has 1 atom stereocenters. The van der Waals surface area contributed by atoms with Crippen molar-refractivity contribution >= 4 is 16.1 Å². The highest BCUT2D eigenvalue weighted by atomic mass is 32.2. The first-order chi connectivity index (χ1) is 11.0. The van der Waals surface area contributed by atoms with Crippen molar-refractivity contribution in [3.05, 3.63) is 34.9 Å². The second kappa shape index (κ2) is 6.84. The first-order valence-electron chi connectivity index (χ1n) is 8.51. The zero-order valence-electron chi connectivity index (χ0n) is 15.3. The first-order valence-corrected chi connectivity index (χ1v) is 9.95. The molecule has 1 aliphatic rings. The average molecular weight is 353 g/mol. The molecule has 1 amide bonds. The van der Waals surface area contributed by atoms with Gasteiger partial charge in [0.25, 0.3) is 5.91 Å². The van der Waals surface area contributed by atoms with Gasteiger partial charge in [-0.25, -0.2) is 4.31 Å². The Labute approximate surface area is 145 Å². The van der Waals surface area contributed by atoms with E-state index in [0.717, 1.165) is 15.4 Å². The minimum absolute atomic E-state index is 0.0786. The number of benzene rings is 1. The molecule has 1 aliphatic heterocycles. The molecule has 6 heteroatoms. The summed E-state index contributed by atoms with van der Waals surface area (Å²) >= 11 is 0. The summed E-state index contributed by atoms with van der Waals surface area (Å²) in [6, 6.07) is 5.43. The fraction of sp³-hybridized carbons (Fsp3) is 0.611. The quantitative estimate of drug-likeness (QED) is 0.885. The molecule has 5 nitrogen and oxygen atoms in total. The lowest BCUT2D eigenvalue weighted by molar-refractivity contribution is -0.127. The maximum atomic E-state index is 12.5. The Bertz CT molecular complexity index is 724. The Morgan fingerprint density at radius 1 is 1.08 bits per heavy atom. The van der Waals surface area contributed by atoms with Crippen LogP contribution in [0.1, 0.15) is 70.1 Å². The van der Waals surface area contributed by atoms with Crippen LogP contribution in [-0.4, -0.2) is 24.7 Å². The molecule has 1 heterocycles. The van der Waals surface area contributed by atoms with E-state index < -0.39 is 16.3 Å². The smallest absolute Gasteiger partial charge is 0.272 e. The summed E-state index contributed by atoms with van der Waals surface area (Å²) < 4.78 is 28.1. The van der Waals surface area contributed by atoms with Gasteiger partial charge in [-0.15, -0.1) is 0 Å². The molecule has 0 spiro atoms. The van der Waals surface area contributed by atoms with Gasteiger partial charge in [-0.3, -0.25) is 4.79 Å². The maximum Gasteiger partial charge on any atom is 0.304 e. The third-order valence-corrected chi connectivity index (χ3v) is 5.96. The number of carbonyl (C=O) groups is 1. The van der Waals surface area contributed by atoms with Crippen molar-refractivity contribution in [2.24, 2.45) is 5.92 Å². The van der Waals surface area contributed by atoms with Crippen molar-refractivity contribution < 1.29 is 13.2 Å². The molecule has 1 N–H and O–H groups in total. The number of hydrogen-bond acceptors (Lipinski definition) is 3. The van der Waals surface area contributed by atoms with Crippen LogP contribution in [0.5, 0.6) is 0 Å². The van der Waals surface area contributed by atoms with E-state index in [1.807, 2.05) is 26.0 Å². The number of nitrogens with one attached hydrogen (secondary N) is 1. The molecule has 0 bridgehead atoms. The summed E-state index contributed by atoms with van der Waals surface area (Å²) in [5.41, 5.74) is 3.20. The molecular weight excluding hydrogens is 324 g/mol. The van der Waals surface area contributed by atoms with Crippen molar-refractivity contribution in [2.75, 3.05) is 0 Å². The second-order valence-corrected chi connectivity index (χ2v) is 9.08. The Morgan fingerprint density at radius 3 is 2.17 bits per heavy atom. The predicted molar refractivity (Wildman–Crippen MR) is 95.9 cm³/mol. The van der Waals surface area contributed by atoms with E-state index in [4.69, 9.17) is 0 Å². The highest BCUT2D eigenvalue weighted by molar-refractivity contribution is 7.88. The molecule has 134 valence electrons. The third-order valence-electron chi connectivity index (χ3n) is 4.52. The lowest BCUT2D eigenvalue weighted by Crippen LogP contribution is -2.34. The lowest BCUT2D eigenvalue weighted by atomic mass is 9.91. The van der Waals surface area contributed by atoms with Crippen LogP contribution in [0.4, 0.5) is 0 Å². The summed E-state index contributed by atoms with van der Waals surface area (Å²) in [6.07, 6.45) is 0. The van der Waals surface area contributed by atoms with E-state index in [-0.39, 0.29) is 24.3 Å². The SMILES string of the molecule is CC(C)c1ccc(CN2C(=O)[C@H](C(C)C)NS2(=O)=O)c(C(C)C)c1. The first kappa shape index (κ1) is 18.9. The minimum atomic E-state index is -3.76. The molecule has 1 aromatic rings. The van der Waals surface area contributed by atoms with E-state index in [0.29, 0.717) is 5.92 Å². The molecule has 1 saturated heterocycles. The predicted octanol–water partition coefficient (Wildman–Crippen LogP) is 3.13. The van der Waals surface area contributed by atoms with Gasteiger partial charge >= 0.3 is 10.2 Å². The zero-order valence-corrected chi connectivity index (χ0v) is 16.1. The molecule has 0 aromatic heterocycles. The van der Waals surface area contributed by atoms with Crippen molar-refractivity contribution in [3.8, 4) is 0 Å². The van der Waals surface area contributed by atoms with Gasteiger partial charge in [0.2, 0.25) is 0 Å². The van der Waals surface area contributed by atoms with Gasteiger partial charge in [0.15, 0.2) is 0 Å². The van der Waals surface area contributed by atoms with Crippen LogP contribution in [0.15, 0.2) is 18.2 Å². The maximum absolute atomic E-state index is 12.5. The lowest BCUT2D eigenvalue weighted by Gasteiger charge is -2.20. The van der Waals surface area contributed by atoms with Gasteiger partial charge in [0.1, 0.15) is 6.04 Å². The van der Waals surface area contributed by atoms with Gasteiger partial charge in [-0.2, -0.15) is 13.1 Å². The van der Waals surface area contributed by atoms with E-state index in [1.165, 1.54) is 5.56 Å². The number of rotatable bonds is 5. The van der Waals surface area contributed by atoms with Gasteiger partial charge in [0, 0.05) is 0 Å². The molecule has 24 heavy (non-hydrogen) atoms. The van der Waals surface area contributed by atoms with Gasteiger partial charge in [-0.1, -0.05) is 59.7 Å². The molecule has 1 aromatic carbocycles. The van der Waals surface area contributed by atoms with Gasteiger partial charge in [-0.05, 0) is 34.4 Å². The second-order valence-electron chi connectivity index (χ2n) is 7.46. The standard InChI is InChI=1S/C18H28N2O3S/c1-11(2)14-7-8-15(16(9-14)12(3)4)10-20-18(21)17(13(5)6)19-24(20,22)23/h7-9,11-13,17,19H,10H2,1-6H3/t17-/m0/s1. The van der Waals surface area contributed by atoms with Gasteiger partial charge in [0.05, 0.1) is 6.54 Å². The molecule has 1 fully saturated rings. The number of carbonyl (C=O) groups excluding carboxylic acids is 1. The molecule has 0 radical (unpaired) electrons. The molecule has 0 unspecified atom stereocenters. The zero-order chi connectivity index (χ0) is 18.2. The summed E-state index contributed by atoms with van der Waals surface area (Å²) in [4.78, 5) is 12.5. The molecule has 0 saturated carbocycles. The van der Waals surface area contributed by atoms with Crippen molar-refractivity contribution in [1.29, 1.82) is 0 Å². The number of nitrogens with zero attached hydrogens (tertiary/aromatic N) is 1. The number of amides is 1. The van der Waals surface area contributed by atoms with E-state index in [9.17, 15) is 13.2 Å². The highest BCUT2D eigenvalue weighted by Crippen LogP contribution is 2.28. The Kier molecular flexibility index (Phi) is 5.40. The van der Waals surface area contributed by atoms with E-state index in [1.54, 1.807) is 0 Å². The summed E-state index contributed by atoms with van der Waals surface area (Å²) in [6.45, 7) is 12.2. The third kappa shape index (κ3) is 3.64. The highest BCUT2D eigenvalue weighted by Gasteiger charge is 2.44. The summed E-state index contributed by atoms with van der Waals surface area (Å²) in [7, 11) is -3.76. The normalized spacial score (nSPS) is 20.6. The molecular formula is C18H28N2O3S. The Hall–Kier alpha value is -1.40. The van der Waals surface area contributed by atoms with E-state index >= 15 is 0 Å². The topological polar surface area (TPSA) is 66.5 Å². The minimum Gasteiger partial charge on any atom is -0.272 e. The van der Waals surface area contributed by atoms with Crippen molar-refractivity contribution in [2.45, 2.75) is 66.0 Å². The monoisotopic (exact) mass is 352 g/mol. The molecule has 0 aliphatic carbocycles. The van der Waals surface area contributed by atoms with Crippen LogP contribution >= 0.6 is 0 Å². The number of hydrogen-bond donors (Lipinski definition) is 1. The molecule has 2 rings (SSSR count). The van der Waals surface area contributed by atoms with Crippen LogP contribution in [0.3, 0.4) is 0 Å². The fourth-order valence-electron chi connectivity index (χ4n) is 2.94. The van der Waals surface area contributed by atoms with E-state index in [2.05, 4.69) is 38.5 Å². The Balaban J connectivity index is 2.38. The fourth-order valence-corrected chi connectivity index (χ4v) is 4.42. The summed E-state index contributed by atoms with van der Waals surface area (Å²) in [5.74, 6) is 0.214.